The molecule has 0 aliphatic carbocycles. The smallest absolute Gasteiger partial charge is 0.325 e. The summed E-state index contributed by atoms with van der Waals surface area (Å²) in [5.74, 6) is -0.383. The van der Waals surface area contributed by atoms with Crippen LogP contribution in [0.2, 0.25) is 0 Å². The summed E-state index contributed by atoms with van der Waals surface area (Å²) < 4.78 is 1.30. The van der Waals surface area contributed by atoms with Gasteiger partial charge >= 0.3 is 5.97 Å². The molecule has 0 aromatic carbocycles. The number of hydrogen-bond donors (Lipinski definition) is 1. The van der Waals surface area contributed by atoms with E-state index in [0.29, 0.717) is 12.2 Å². The van der Waals surface area contributed by atoms with Crippen LogP contribution in [0.15, 0.2) is 24.5 Å². The summed E-state index contributed by atoms with van der Waals surface area (Å²) in [5, 5.41) is 19.6. The number of rotatable bonds is 5. The van der Waals surface area contributed by atoms with Crippen LogP contribution < -0.4 is 0 Å². The summed E-state index contributed by atoms with van der Waals surface area (Å²) in [6, 6.07) is 3.82. The van der Waals surface area contributed by atoms with Gasteiger partial charge in [0.2, 0.25) is 0 Å². The van der Waals surface area contributed by atoms with E-state index >= 15 is 0 Å². The van der Waals surface area contributed by atoms with Crippen molar-refractivity contribution in [3.05, 3.63) is 35.9 Å². The molecule has 7 nitrogen and oxygen atoms in total. The molecule has 2 heterocycles. The molecule has 7 heteroatoms. The monoisotopic (exact) mass is 233 g/mol. The average molecular weight is 233 g/mol. The summed E-state index contributed by atoms with van der Waals surface area (Å²) in [6.45, 7) is -0.210. The lowest BCUT2D eigenvalue weighted by atomic mass is 10.1. The minimum absolute atomic E-state index is 0.210. The Morgan fingerprint density at radius 2 is 2.06 bits per heavy atom. The molecule has 88 valence electrons. The Morgan fingerprint density at radius 3 is 2.76 bits per heavy atom. The number of nitrogens with zero attached hydrogens (tertiary/aromatic N) is 5. The Bertz CT molecular complexity index is 496. The van der Waals surface area contributed by atoms with E-state index < -0.39 is 5.97 Å². The van der Waals surface area contributed by atoms with Crippen LogP contribution in [0.4, 0.5) is 0 Å². The van der Waals surface area contributed by atoms with E-state index in [1.165, 1.54) is 4.68 Å². The Morgan fingerprint density at radius 1 is 1.29 bits per heavy atom. The lowest BCUT2D eigenvalue weighted by molar-refractivity contribution is -0.138. The largest absolute Gasteiger partial charge is 0.480 e. The van der Waals surface area contributed by atoms with Gasteiger partial charge in [-0.2, -0.15) is 0 Å². The summed E-state index contributed by atoms with van der Waals surface area (Å²) in [7, 11) is 0. The van der Waals surface area contributed by atoms with Gasteiger partial charge in [-0.15, -0.1) is 5.10 Å². The van der Waals surface area contributed by atoms with Crippen LogP contribution >= 0.6 is 0 Å². The second kappa shape index (κ2) is 5.15. The molecule has 0 spiro atoms. The van der Waals surface area contributed by atoms with Crippen LogP contribution in [0.25, 0.3) is 0 Å². The number of carbonyl (C=O) groups is 1. The van der Waals surface area contributed by atoms with Gasteiger partial charge in [-0.05, 0) is 34.5 Å². The molecular formula is C10H11N5O2. The van der Waals surface area contributed by atoms with E-state index in [9.17, 15) is 4.79 Å². The van der Waals surface area contributed by atoms with Crippen molar-refractivity contribution in [3.8, 4) is 0 Å². The third-order valence-electron chi connectivity index (χ3n) is 2.28. The van der Waals surface area contributed by atoms with Crippen molar-refractivity contribution in [3.63, 3.8) is 0 Å². The summed E-state index contributed by atoms with van der Waals surface area (Å²) in [4.78, 5) is 14.5. The van der Waals surface area contributed by atoms with Crippen molar-refractivity contribution in [1.82, 2.24) is 25.2 Å². The Balaban J connectivity index is 2.00. The number of pyridine rings is 1. The van der Waals surface area contributed by atoms with Crippen molar-refractivity contribution in [1.29, 1.82) is 0 Å². The molecule has 0 fully saturated rings. The fourth-order valence-electron chi connectivity index (χ4n) is 1.46. The number of tetrazole rings is 1. The summed E-state index contributed by atoms with van der Waals surface area (Å²) in [5.41, 5.74) is 1.12. The molecule has 0 unspecified atom stereocenters. The molecule has 0 saturated carbocycles. The first-order valence-electron chi connectivity index (χ1n) is 5.11. The van der Waals surface area contributed by atoms with Gasteiger partial charge in [0.05, 0.1) is 0 Å². The lowest BCUT2D eigenvalue weighted by Gasteiger charge is -2.01. The van der Waals surface area contributed by atoms with Gasteiger partial charge in [-0.25, -0.2) is 4.68 Å². The highest BCUT2D eigenvalue weighted by Gasteiger charge is 2.09. The third kappa shape index (κ3) is 3.07. The van der Waals surface area contributed by atoms with Crippen molar-refractivity contribution < 1.29 is 9.90 Å². The van der Waals surface area contributed by atoms with E-state index in [2.05, 4.69) is 20.5 Å². The molecular weight excluding hydrogens is 222 g/mol. The molecule has 2 rings (SSSR count). The second-order valence-corrected chi connectivity index (χ2v) is 3.50. The van der Waals surface area contributed by atoms with Crippen molar-refractivity contribution >= 4 is 5.97 Å². The molecule has 0 atom stereocenters. The highest BCUT2D eigenvalue weighted by molar-refractivity contribution is 5.66. The maximum Gasteiger partial charge on any atom is 0.325 e. The Labute approximate surface area is 97.1 Å². The summed E-state index contributed by atoms with van der Waals surface area (Å²) >= 11 is 0. The number of aryl methyl sites for hydroxylation is 2. The van der Waals surface area contributed by atoms with Crippen molar-refractivity contribution in [2.75, 3.05) is 0 Å². The van der Waals surface area contributed by atoms with Crippen LogP contribution in [0, 0.1) is 0 Å². The molecule has 0 saturated heterocycles. The van der Waals surface area contributed by atoms with Crippen LogP contribution in [-0.4, -0.2) is 36.3 Å². The van der Waals surface area contributed by atoms with Gasteiger partial charge in [0, 0.05) is 18.8 Å². The molecule has 2 aromatic heterocycles. The van der Waals surface area contributed by atoms with Gasteiger partial charge in [0.1, 0.15) is 6.54 Å². The molecule has 0 aliphatic rings. The zero-order valence-corrected chi connectivity index (χ0v) is 9.02. The van der Waals surface area contributed by atoms with E-state index in [4.69, 9.17) is 5.11 Å². The number of carboxylic acids is 1. The zero-order valence-electron chi connectivity index (χ0n) is 9.02. The van der Waals surface area contributed by atoms with Gasteiger partial charge < -0.3 is 5.11 Å². The molecule has 1 N–H and O–H groups in total. The first-order chi connectivity index (χ1) is 8.25. The van der Waals surface area contributed by atoms with E-state index in [0.717, 1.165) is 12.0 Å². The highest BCUT2D eigenvalue weighted by atomic mass is 16.4. The maximum atomic E-state index is 10.6. The van der Waals surface area contributed by atoms with Crippen LogP contribution in [0.3, 0.4) is 0 Å². The van der Waals surface area contributed by atoms with E-state index in [1.54, 1.807) is 12.4 Å². The van der Waals surface area contributed by atoms with E-state index in [-0.39, 0.29) is 6.54 Å². The molecule has 17 heavy (non-hydrogen) atoms. The first-order valence-corrected chi connectivity index (χ1v) is 5.11. The molecule has 0 amide bonds. The Kier molecular flexibility index (Phi) is 3.39. The second-order valence-electron chi connectivity index (χ2n) is 3.50. The van der Waals surface area contributed by atoms with Gasteiger partial charge in [0.25, 0.3) is 0 Å². The highest BCUT2D eigenvalue weighted by Crippen LogP contribution is 2.03. The fraction of sp³-hybridized carbons (Fsp3) is 0.300. The minimum atomic E-state index is -0.956. The third-order valence-corrected chi connectivity index (χ3v) is 2.28. The minimum Gasteiger partial charge on any atom is -0.480 e. The lowest BCUT2D eigenvalue weighted by Crippen LogP contribution is -2.14. The SMILES string of the molecule is O=C(O)Cn1nnnc1CCc1ccncc1. The van der Waals surface area contributed by atoms with Crippen molar-refractivity contribution in [2.24, 2.45) is 0 Å². The van der Waals surface area contributed by atoms with Crippen LogP contribution in [0.5, 0.6) is 0 Å². The van der Waals surface area contributed by atoms with Crippen molar-refractivity contribution in [2.45, 2.75) is 19.4 Å². The Hall–Kier alpha value is -2.31. The quantitative estimate of drug-likeness (QED) is 0.777. The predicted octanol–water partition coefficient (Wildman–Crippen LogP) is -0.0621. The molecule has 0 bridgehead atoms. The summed E-state index contributed by atoms with van der Waals surface area (Å²) in [6.07, 6.45) is 4.79. The number of aliphatic carboxylic acids is 1. The molecule has 0 aliphatic heterocycles. The van der Waals surface area contributed by atoms with Crippen LogP contribution in [0.1, 0.15) is 11.4 Å². The van der Waals surface area contributed by atoms with Gasteiger partial charge in [0.15, 0.2) is 5.82 Å². The first kappa shape index (κ1) is 11.2. The maximum absolute atomic E-state index is 10.6. The number of hydrogen-bond acceptors (Lipinski definition) is 5. The van der Waals surface area contributed by atoms with Gasteiger partial charge in [-0.3, -0.25) is 9.78 Å². The fourth-order valence-corrected chi connectivity index (χ4v) is 1.46. The molecule has 2 aromatic rings. The predicted molar refractivity (Wildman–Crippen MR) is 57.1 cm³/mol. The molecule has 0 radical (unpaired) electrons. The number of aromatic nitrogens is 5. The number of carboxylic acid groups (broad SMARTS) is 1. The van der Waals surface area contributed by atoms with Crippen LogP contribution in [-0.2, 0) is 24.2 Å². The zero-order chi connectivity index (χ0) is 12.1. The topological polar surface area (TPSA) is 93.8 Å². The van der Waals surface area contributed by atoms with E-state index in [1.807, 2.05) is 12.1 Å². The van der Waals surface area contributed by atoms with Gasteiger partial charge in [-0.1, -0.05) is 0 Å². The normalized spacial score (nSPS) is 10.4. The standard InChI is InChI=1S/C10H11N5O2/c16-10(17)7-15-9(12-13-14-15)2-1-8-3-5-11-6-4-8/h3-6H,1-2,7H2,(H,16,17). The average Bonchev–Trinajstić information content (AvgIpc) is 2.74.